The molecule has 10 heteroatoms. The fraction of sp³-hybridized carbons (Fsp3) is 0.158. The molecule has 1 aliphatic rings. The first-order valence-electron chi connectivity index (χ1n) is 8.19. The van der Waals surface area contributed by atoms with Crippen molar-refractivity contribution in [3.05, 3.63) is 51.6 Å². The molecule has 1 atom stereocenters. The number of methoxy groups -OCH3 is 1. The molecule has 0 bridgehead atoms. The Bertz CT molecular complexity index is 1060. The highest BCUT2D eigenvalue weighted by Crippen LogP contribution is 2.35. The molecule has 0 spiro atoms. The molecule has 29 heavy (non-hydrogen) atoms. The van der Waals surface area contributed by atoms with Crippen molar-refractivity contribution in [3.8, 4) is 11.3 Å². The van der Waals surface area contributed by atoms with E-state index in [4.69, 9.17) is 16.0 Å². The zero-order valence-electron chi connectivity index (χ0n) is 15.1. The topological polar surface area (TPSA) is 117 Å². The first-order valence-corrected chi connectivity index (χ1v) is 9.38. The maximum atomic E-state index is 12.5. The molecule has 0 radical (unpaired) electrons. The predicted molar refractivity (Wildman–Crippen MR) is 103 cm³/mol. The van der Waals surface area contributed by atoms with Crippen molar-refractivity contribution in [1.29, 1.82) is 0 Å². The minimum Gasteiger partial charge on any atom is -0.545 e. The normalized spacial score (nSPS) is 16.4. The molecule has 0 N–H and O–H groups in total. The number of thioether (sulfide) groups is 1. The minimum atomic E-state index is -1.36. The van der Waals surface area contributed by atoms with Crippen molar-refractivity contribution < 1.29 is 33.4 Å². The van der Waals surface area contributed by atoms with Crippen molar-refractivity contribution >= 4 is 52.5 Å². The first-order chi connectivity index (χ1) is 13.7. The van der Waals surface area contributed by atoms with Crippen molar-refractivity contribution in [1.82, 2.24) is 4.90 Å². The van der Waals surface area contributed by atoms with E-state index < -0.39 is 29.1 Å². The maximum absolute atomic E-state index is 12.5. The van der Waals surface area contributed by atoms with E-state index >= 15 is 0 Å². The lowest BCUT2D eigenvalue weighted by molar-refractivity contribution is -0.255. The zero-order valence-corrected chi connectivity index (χ0v) is 16.7. The number of carbonyl (C=O) groups is 4. The number of halogens is 1. The highest BCUT2D eigenvalue weighted by Gasteiger charge is 2.41. The molecule has 1 aromatic carbocycles. The molecule has 3 rings (SSSR count). The predicted octanol–water partition coefficient (Wildman–Crippen LogP) is 2.56. The summed E-state index contributed by atoms with van der Waals surface area (Å²) >= 11 is 6.78. The summed E-state index contributed by atoms with van der Waals surface area (Å²) in [5, 5.41) is 10.7. The number of carbonyl (C=O) groups excluding carboxylic acids is 4. The van der Waals surface area contributed by atoms with E-state index in [1.165, 1.54) is 44.4 Å². The quantitative estimate of drug-likeness (QED) is 0.520. The Morgan fingerprint density at radius 1 is 1.28 bits per heavy atom. The van der Waals surface area contributed by atoms with Gasteiger partial charge in [0.25, 0.3) is 11.1 Å². The highest BCUT2D eigenvalue weighted by atomic mass is 35.5. The van der Waals surface area contributed by atoms with E-state index in [2.05, 4.69) is 4.74 Å². The molecule has 0 saturated carbocycles. The monoisotopic (exact) mass is 434 g/mol. The van der Waals surface area contributed by atoms with Crippen LogP contribution in [0.1, 0.15) is 23.0 Å². The smallest absolute Gasteiger partial charge is 0.328 e. The third kappa shape index (κ3) is 4.06. The molecular weight excluding hydrogens is 422 g/mol. The Labute approximate surface area is 174 Å². The lowest BCUT2D eigenvalue weighted by Gasteiger charge is -2.18. The number of rotatable bonds is 5. The third-order valence-electron chi connectivity index (χ3n) is 4.12. The summed E-state index contributed by atoms with van der Waals surface area (Å²) in [6.07, 6.45) is 1.36. The van der Waals surface area contributed by atoms with Gasteiger partial charge in [0.05, 0.1) is 23.0 Å². The van der Waals surface area contributed by atoms with Crippen molar-refractivity contribution in [2.45, 2.75) is 13.0 Å². The third-order valence-corrected chi connectivity index (χ3v) is 5.33. The summed E-state index contributed by atoms with van der Waals surface area (Å²) in [5.74, 6) is -2.20. The van der Waals surface area contributed by atoms with Crippen molar-refractivity contribution in [2.75, 3.05) is 7.11 Å². The molecule has 1 fully saturated rings. The molecule has 8 nitrogen and oxygen atoms in total. The summed E-state index contributed by atoms with van der Waals surface area (Å²) in [6.45, 7) is 1.39. The van der Waals surface area contributed by atoms with Crippen LogP contribution < -0.4 is 5.11 Å². The second-order valence-electron chi connectivity index (χ2n) is 5.93. The fourth-order valence-electron chi connectivity index (χ4n) is 2.64. The number of carboxylic acid groups (broad SMARTS) is 1. The average molecular weight is 435 g/mol. The number of imide groups is 1. The van der Waals surface area contributed by atoms with Crippen LogP contribution in [0.5, 0.6) is 0 Å². The Hall–Kier alpha value is -3.04. The largest absolute Gasteiger partial charge is 0.545 e. The lowest BCUT2D eigenvalue weighted by atomic mass is 10.1. The second-order valence-corrected chi connectivity index (χ2v) is 7.34. The van der Waals surface area contributed by atoms with Crippen LogP contribution in [-0.2, 0) is 14.3 Å². The van der Waals surface area contributed by atoms with E-state index in [1.807, 2.05) is 0 Å². The van der Waals surface area contributed by atoms with Crippen LogP contribution in [0.3, 0.4) is 0 Å². The maximum Gasteiger partial charge on any atom is 0.328 e. The lowest BCUT2D eigenvalue weighted by Crippen LogP contribution is -2.42. The van der Waals surface area contributed by atoms with Gasteiger partial charge in [0.2, 0.25) is 0 Å². The number of esters is 1. The number of amides is 2. The minimum absolute atomic E-state index is 0.0692. The van der Waals surface area contributed by atoms with Gasteiger partial charge in [-0.25, -0.2) is 4.79 Å². The molecule has 0 aliphatic carbocycles. The molecule has 1 aromatic heterocycles. The van der Waals surface area contributed by atoms with Gasteiger partial charge in [0, 0.05) is 11.6 Å². The van der Waals surface area contributed by atoms with E-state index in [9.17, 15) is 24.3 Å². The molecule has 2 heterocycles. The van der Waals surface area contributed by atoms with Crippen LogP contribution >= 0.6 is 23.4 Å². The number of aromatic carboxylic acids is 1. The Morgan fingerprint density at radius 2 is 2.00 bits per heavy atom. The van der Waals surface area contributed by atoms with Gasteiger partial charge in [-0.15, -0.1) is 0 Å². The van der Waals surface area contributed by atoms with Crippen molar-refractivity contribution in [2.24, 2.45) is 0 Å². The van der Waals surface area contributed by atoms with E-state index in [0.29, 0.717) is 17.3 Å². The summed E-state index contributed by atoms with van der Waals surface area (Å²) in [7, 11) is 1.17. The first kappa shape index (κ1) is 20.7. The SMILES string of the molecule is COC(=O)[C@H](C)N1C(=O)S/C(=C\c2ccc(-c3cc(C(=O)[O-])ccc3Cl)o2)C1=O. The highest BCUT2D eigenvalue weighted by molar-refractivity contribution is 8.18. The summed E-state index contributed by atoms with van der Waals surface area (Å²) in [4.78, 5) is 48.2. The summed E-state index contributed by atoms with van der Waals surface area (Å²) in [5.41, 5.74) is 0.265. The average Bonchev–Trinajstić information content (AvgIpc) is 3.25. The van der Waals surface area contributed by atoms with Crippen LogP contribution in [0.2, 0.25) is 5.02 Å². The number of nitrogens with zero attached hydrogens (tertiary/aromatic N) is 1. The van der Waals surface area contributed by atoms with Gasteiger partial charge in [-0.2, -0.15) is 0 Å². The van der Waals surface area contributed by atoms with E-state index in [1.54, 1.807) is 6.07 Å². The van der Waals surface area contributed by atoms with Crippen LogP contribution in [0, 0.1) is 0 Å². The molecule has 1 aliphatic heterocycles. The van der Waals surface area contributed by atoms with Crippen LogP contribution in [0.15, 0.2) is 39.7 Å². The Balaban J connectivity index is 1.89. The number of hydrogen-bond acceptors (Lipinski definition) is 8. The number of carboxylic acids is 1. The second kappa shape index (κ2) is 8.14. The van der Waals surface area contributed by atoms with Crippen LogP contribution in [-0.4, -0.2) is 41.1 Å². The summed E-state index contributed by atoms with van der Waals surface area (Å²) in [6, 6.07) is 6.05. The number of ether oxygens (including phenoxy) is 1. The Morgan fingerprint density at radius 3 is 2.66 bits per heavy atom. The number of hydrogen-bond donors (Lipinski definition) is 0. The van der Waals surface area contributed by atoms with Crippen LogP contribution in [0.25, 0.3) is 17.4 Å². The molecule has 150 valence electrons. The van der Waals surface area contributed by atoms with E-state index in [0.717, 1.165) is 4.90 Å². The molecule has 1 saturated heterocycles. The molecular formula is C19H13ClNO7S-. The van der Waals surface area contributed by atoms with E-state index in [-0.39, 0.29) is 27.0 Å². The fourth-order valence-corrected chi connectivity index (χ4v) is 3.73. The van der Waals surface area contributed by atoms with Gasteiger partial charge >= 0.3 is 5.97 Å². The van der Waals surface area contributed by atoms with Gasteiger partial charge in [0.1, 0.15) is 17.6 Å². The number of furan rings is 1. The number of benzene rings is 1. The van der Waals surface area contributed by atoms with Gasteiger partial charge < -0.3 is 19.1 Å². The Kier molecular flexibility index (Phi) is 5.81. The summed E-state index contributed by atoms with van der Waals surface area (Å²) < 4.78 is 10.2. The van der Waals surface area contributed by atoms with Gasteiger partial charge in [-0.3, -0.25) is 14.5 Å². The molecule has 0 unspecified atom stereocenters. The molecule has 2 amide bonds. The van der Waals surface area contributed by atoms with Gasteiger partial charge in [-0.05, 0) is 48.5 Å². The van der Waals surface area contributed by atoms with Gasteiger partial charge in [-0.1, -0.05) is 17.7 Å². The van der Waals surface area contributed by atoms with Crippen LogP contribution in [0.4, 0.5) is 4.79 Å². The van der Waals surface area contributed by atoms with Crippen molar-refractivity contribution in [3.63, 3.8) is 0 Å². The zero-order chi connectivity index (χ0) is 21.3. The standard InChI is InChI=1S/C19H14ClNO7S/c1-9(18(25)27-2)21-16(22)15(29-19(21)26)8-11-4-6-14(28-11)12-7-10(17(23)24)3-5-13(12)20/h3-9H,1-2H3,(H,23,24)/p-1/b15-8-/t9-/m0/s1. The van der Waals surface area contributed by atoms with Gasteiger partial charge in [0.15, 0.2) is 0 Å². The molecule has 2 aromatic rings.